The molecule has 0 radical (unpaired) electrons. The molecule has 2 aliphatic carbocycles. The quantitative estimate of drug-likeness (QED) is 0.539. The first kappa shape index (κ1) is 21.2. The number of hydrogen-bond donors (Lipinski definition) is 2. The van der Waals surface area contributed by atoms with E-state index in [1.54, 1.807) is 4.90 Å². The minimum absolute atomic E-state index is 0.0479. The summed E-state index contributed by atoms with van der Waals surface area (Å²) in [5.74, 6) is 0. The van der Waals surface area contributed by atoms with Crippen LogP contribution in [0.2, 0.25) is 0 Å². The molecule has 1 heterocycles. The van der Waals surface area contributed by atoms with Crippen LogP contribution in [0.15, 0.2) is 0 Å². The third kappa shape index (κ3) is 4.09. The minimum Gasteiger partial charge on any atom is -0.333 e. The lowest BCUT2D eigenvalue weighted by Gasteiger charge is -2.41. The molecular weight excluding hydrogens is 356 g/mol. The maximum atomic E-state index is 13.3. The van der Waals surface area contributed by atoms with Gasteiger partial charge in [0, 0.05) is 18.6 Å². The van der Waals surface area contributed by atoms with Gasteiger partial charge in [0.15, 0.2) is 6.17 Å². The Morgan fingerprint density at radius 1 is 1.11 bits per heavy atom. The van der Waals surface area contributed by atoms with E-state index in [0.717, 1.165) is 62.9 Å². The van der Waals surface area contributed by atoms with Crippen LogP contribution in [0.1, 0.15) is 91.4 Å². The monoisotopic (exact) mass is 394 g/mol. The Hall–Kier alpha value is -1.50. The van der Waals surface area contributed by atoms with Crippen molar-refractivity contribution in [3.05, 3.63) is 0 Å². The van der Waals surface area contributed by atoms with E-state index >= 15 is 0 Å². The molecule has 28 heavy (non-hydrogen) atoms. The second-order valence-electron chi connectivity index (χ2n) is 9.29. The fourth-order valence-electron chi connectivity index (χ4n) is 5.31. The van der Waals surface area contributed by atoms with E-state index in [1.165, 1.54) is 12.8 Å². The van der Waals surface area contributed by atoms with Gasteiger partial charge in [-0.1, -0.05) is 45.4 Å². The maximum absolute atomic E-state index is 13.3. The summed E-state index contributed by atoms with van der Waals surface area (Å²) in [5, 5.41) is 14.8. The molecule has 0 unspecified atom stereocenters. The smallest absolute Gasteiger partial charge is 0.333 e. The fraction of sp³-hybridized carbons (Fsp3) is 0.905. The molecule has 3 fully saturated rings. The van der Waals surface area contributed by atoms with Gasteiger partial charge in [0.2, 0.25) is 0 Å². The Morgan fingerprint density at radius 3 is 2.25 bits per heavy atom. The minimum atomic E-state index is -0.668. The van der Waals surface area contributed by atoms with Gasteiger partial charge in [-0.25, -0.2) is 9.59 Å². The van der Waals surface area contributed by atoms with E-state index in [0.29, 0.717) is 6.54 Å². The van der Waals surface area contributed by atoms with Gasteiger partial charge >= 0.3 is 12.1 Å². The molecule has 1 atom stereocenters. The molecule has 2 saturated carbocycles. The van der Waals surface area contributed by atoms with Gasteiger partial charge in [0.1, 0.15) is 0 Å². The molecule has 160 valence electrons. The van der Waals surface area contributed by atoms with Gasteiger partial charge in [-0.15, -0.1) is 0 Å². The molecular formula is C21H38N4O3. The molecule has 0 spiro atoms. The van der Waals surface area contributed by atoms with Crippen molar-refractivity contribution in [3.8, 4) is 0 Å². The summed E-state index contributed by atoms with van der Waals surface area (Å²) in [7, 11) is 0. The first-order valence-corrected chi connectivity index (χ1v) is 11.3. The number of carbonyl (C=O) groups is 2. The summed E-state index contributed by atoms with van der Waals surface area (Å²) in [5.41, 5.74) is -0.650. The molecule has 0 aromatic rings. The highest BCUT2D eigenvalue weighted by Crippen LogP contribution is 2.39. The molecule has 2 N–H and O–H groups in total. The van der Waals surface area contributed by atoms with Crippen molar-refractivity contribution < 1.29 is 14.8 Å². The number of carbonyl (C=O) groups excluding carboxylic acids is 2. The summed E-state index contributed by atoms with van der Waals surface area (Å²) in [6.07, 6.45) is 10.8. The van der Waals surface area contributed by atoms with Crippen LogP contribution < -0.4 is 5.32 Å². The summed E-state index contributed by atoms with van der Waals surface area (Å²) in [6, 6.07) is -0.319. The normalized spacial score (nSPS) is 26.6. The second kappa shape index (κ2) is 8.89. The van der Waals surface area contributed by atoms with Crippen LogP contribution in [-0.4, -0.2) is 62.5 Å². The number of rotatable bonds is 5. The lowest BCUT2D eigenvalue weighted by Crippen LogP contribution is -2.61. The predicted molar refractivity (Wildman–Crippen MR) is 108 cm³/mol. The fourth-order valence-corrected chi connectivity index (χ4v) is 5.31. The third-order valence-electron chi connectivity index (χ3n) is 6.83. The largest absolute Gasteiger partial charge is 0.343 e. The lowest BCUT2D eigenvalue weighted by atomic mass is 9.92. The molecule has 1 saturated heterocycles. The van der Waals surface area contributed by atoms with Gasteiger partial charge < -0.3 is 10.2 Å². The summed E-state index contributed by atoms with van der Waals surface area (Å²) < 4.78 is 0. The molecule has 4 amide bonds. The Labute approximate surface area is 169 Å². The summed E-state index contributed by atoms with van der Waals surface area (Å²) >= 11 is 0. The molecule has 3 rings (SSSR count). The molecule has 3 aliphatic rings. The molecule has 0 aromatic carbocycles. The molecule has 0 aromatic heterocycles. The highest BCUT2D eigenvalue weighted by molar-refractivity contribution is 5.81. The summed E-state index contributed by atoms with van der Waals surface area (Å²) in [4.78, 5) is 29.9. The first-order chi connectivity index (χ1) is 13.4. The zero-order valence-corrected chi connectivity index (χ0v) is 17.8. The number of hydrogen-bond acceptors (Lipinski definition) is 3. The average Bonchev–Trinajstić information content (AvgIpc) is 2.89. The number of hydroxylamine groups is 2. The van der Waals surface area contributed by atoms with E-state index < -0.39 is 17.7 Å². The predicted octanol–water partition coefficient (Wildman–Crippen LogP) is 4.30. The Morgan fingerprint density at radius 2 is 1.68 bits per heavy atom. The van der Waals surface area contributed by atoms with Crippen LogP contribution in [0.5, 0.6) is 0 Å². The van der Waals surface area contributed by atoms with E-state index in [-0.39, 0.29) is 18.1 Å². The van der Waals surface area contributed by atoms with Crippen molar-refractivity contribution in [2.45, 2.75) is 115 Å². The lowest BCUT2D eigenvalue weighted by molar-refractivity contribution is -0.141. The van der Waals surface area contributed by atoms with E-state index in [1.807, 2.05) is 25.7 Å². The van der Waals surface area contributed by atoms with Crippen LogP contribution in [0.4, 0.5) is 9.59 Å². The van der Waals surface area contributed by atoms with E-state index in [9.17, 15) is 14.8 Å². The van der Waals surface area contributed by atoms with Crippen LogP contribution >= 0.6 is 0 Å². The second-order valence-corrected chi connectivity index (χ2v) is 9.29. The zero-order chi connectivity index (χ0) is 20.3. The van der Waals surface area contributed by atoms with Crippen molar-refractivity contribution in [2.24, 2.45) is 0 Å². The summed E-state index contributed by atoms with van der Waals surface area (Å²) in [6.45, 7) is 6.61. The highest BCUT2D eigenvalue weighted by atomic mass is 16.5. The molecule has 7 heteroatoms. The molecule has 7 nitrogen and oxygen atoms in total. The van der Waals surface area contributed by atoms with Crippen LogP contribution in [0.3, 0.4) is 0 Å². The van der Waals surface area contributed by atoms with E-state index in [4.69, 9.17) is 0 Å². The van der Waals surface area contributed by atoms with Gasteiger partial charge in [0.05, 0.1) is 5.54 Å². The van der Waals surface area contributed by atoms with Gasteiger partial charge in [-0.3, -0.25) is 10.1 Å². The van der Waals surface area contributed by atoms with Gasteiger partial charge in [-0.2, -0.15) is 5.06 Å². The Bertz CT molecular complexity index is 556. The van der Waals surface area contributed by atoms with Crippen molar-refractivity contribution in [2.75, 3.05) is 6.54 Å². The molecule has 0 bridgehead atoms. The zero-order valence-electron chi connectivity index (χ0n) is 17.8. The maximum Gasteiger partial charge on any atom is 0.343 e. The number of nitrogens with one attached hydrogen (secondary N) is 1. The number of amides is 4. The number of urea groups is 2. The SMILES string of the molecule is CCCN1C(=O)N(C2CCCCC2)[C@H](N(O)C(=O)NC2CCCCC2)C1(C)C. The van der Waals surface area contributed by atoms with Gasteiger partial charge in [-0.05, 0) is 46.0 Å². The highest BCUT2D eigenvalue weighted by Gasteiger charge is 2.56. The standard InChI is InChI=1S/C21H38N4O3/c1-4-15-23-20(27)24(17-13-9-6-10-14-17)18(21(23,2)3)25(28)19(26)22-16-11-7-5-8-12-16/h16-18,28H,4-15H2,1-3H3,(H,22,26)/t18-/m1/s1. The topological polar surface area (TPSA) is 76.1 Å². The van der Waals surface area contributed by atoms with Crippen molar-refractivity contribution in [1.82, 2.24) is 20.2 Å². The Kier molecular flexibility index (Phi) is 6.73. The third-order valence-corrected chi connectivity index (χ3v) is 6.83. The van der Waals surface area contributed by atoms with Crippen molar-refractivity contribution in [3.63, 3.8) is 0 Å². The van der Waals surface area contributed by atoms with Gasteiger partial charge in [0.25, 0.3) is 0 Å². The van der Waals surface area contributed by atoms with E-state index in [2.05, 4.69) is 5.32 Å². The van der Waals surface area contributed by atoms with Crippen molar-refractivity contribution >= 4 is 12.1 Å². The van der Waals surface area contributed by atoms with Crippen LogP contribution in [0, 0.1) is 0 Å². The van der Waals surface area contributed by atoms with Crippen LogP contribution in [0.25, 0.3) is 0 Å². The Balaban J connectivity index is 1.82. The van der Waals surface area contributed by atoms with Crippen molar-refractivity contribution in [1.29, 1.82) is 0 Å². The average molecular weight is 395 g/mol. The van der Waals surface area contributed by atoms with Crippen LogP contribution in [-0.2, 0) is 0 Å². The first-order valence-electron chi connectivity index (χ1n) is 11.3. The molecule has 1 aliphatic heterocycles. The number of nitrogens with zero attached hydrogens (tertiary/aromatic N) is 3.